The number of amides is 1. The summed E-state index contributed by atoms with van der Waals surface area (Å²) in [5.41, 5.74) is 0.914. The molecule has 1 atom stereocenters. The normalized spacial score (nSPS) is 13.5. The van der Waals surface area contributed by atoms with Gasteiger partial charge in [0, 0.05) is 0 Å². The minimum absolute atomic E-state index is 0.162. The second kappa shape index (κ2) is 9.60. The Balaban J connectivity index is 1.85. The molecule has 5 heteroatoms. The van der Waals surface area contributed by atoms with Crippen LogP contribution in [0.25, 0.3) is 0 Å². The second-order valence-corrected chi connectivity index (χ2v) is 8.26. The first kappa shape index (κ1) is 21.8. The summed E-state index contributed by atoms with van der Waals surface area (Å²) < 4.78 is 11.1. The lowest BCUT2D eigenvalue weighted by atomic mass is 9.94. The molecule has 0 spiro atoms. The Hall–Kier alpha value is -2.53. The van der Waals surface area contributed by atoms with Crippen molar-refractivity contribution in [1.82, 2.24) is 5.32 Å². The second-order valence-electron chi connectivity index (χ2n) is 8.26. The van der Waals surface area contributed by atoms with Crippen molar-refractivity contribution in [2.45, 2.75) is 58.3 Å². The van der Waals surface area contributed by atoms with Gasteiger partial charge in [0.1, 0.15) is 18.0 Å². The van der Waals surface area contributed by atoms with E-state index in [-0.39, 0.29) is 6.61 Å². The number of aliphatic hydroxyl groups excluding tert-OH is 1. The van der Waals surface area contributed by atoms with Crippen LogP contribution in [0.15, 0.2) is 54.6 Å². The van der Waals surface area contributed by atoms with E-state index < -0.39 is 17.2 Å². The Morgan fingerprint density at radius 2 is 1.61 bits per heavy atom. The molecule has 0 aliphatic heterocycles. The molecule has 152 valence electrons. The Bertz CT molecular complexity index is 737. The van der Waals surface area contributed by atoms with Gasteiger partial charge in [0.05, 0.1) is 12.1 Å². The van der Waals surface area contributed by atoms with Crippen LogP contribution in [-0.4, -0.2) is 28.9 Å². The van der Waals surface area contributed by atoms with Crippen molar-refractivity contribution < 1.29 is 19.4 Å². The monoisotopic (exact) mass is 385 g/mol. The maximum absolute atomic E-state index is 12.0. The van der Waals surface area contributed by atoms with Gasteiger partial charge in [0.2, 0.25) is 0 Å². The van der Waals surface area contributed by atoms with Crippen LogP contribution in [0.3, 0.4) is 0 Å². The van der Waals surface area contributed by atoms with Gasteiger partial charge in [-0.2, -0.15) is 0 Å². The topological polar surface area (TPSA) is 67.8 Å². The zero-order valence-corrected chi connectivity index (χ0v) is 17.2. The number of alkyl carbamates (subject to hydrolysis) is 1. The summed E-state index contributed by atoms with van der Waals surface area (Å²) in [5.74, 6) is 0.810. The van der Waals surface area contributed by atoms with E-state index in [2.05, 4.69) is 5.32 Å². The SMILES string of the molecule is CC(CO)(CCc1ccc(OCc2ccccc2)cc1)NC(=O)OC(C)(C)C. The maximum atomic E-state index is 12.0. The smallest absolute Gasteiger partial charge is 0.408 e. The summed E-state index contributed by atoms with van der Waals surface area (Å²) in [6.07, 6.45) is 0.785. The largest absolute Gasteiger partial charge is 0.489 e. The predicted octanol–water partition coefficient (Wildman–Crippen LogP) is 4.47. The zero-order chi connectivity index (χ0) is 20.6. The molecule has 2 aromatic rings. The summed E-state index contributed by atoms with van der Waals surface area (Å²) in [5, 5.41) is 12.5. The molecule has 28 heavy (non-hydrogen) atoms. The maximum Gasteiger partial charge on any atom is 0.408 e. The average Bonchev–Trinajstić information content (AvgIpc) is 2.65. The third-order valence-electron chi connectivity index (χ3n) is 4.29. The fourth-order valence-electron chi connectivity index (χ4n) is 2.64. The van der Waals surface area contributed by atoms with E-state index in [1.165, 1.54) is 0 Å². The number of ether oxygens (including phenoxy) is 2. The van der Waals surface area contributed by atoms with Crippen molar-refractivity contribution in [1.29, 1.82) is 0 Å². The fourth-order valence-corrected chi connectivity index (χ4v) is 2.64. The van der Waals surface area contributed by atoms with Crippen LogP contribution in [-0.2, 0) is 17.8 Å². The van der Waals surface area contributed by atoms with Crippen LogP contribution in [0, 0.1) is 0 Å². The molecule has 0 fully saturated rings. The predicted molar refractivity (Wildman–Crippen MR) is 110 cm³/mol. The fraction of sp³-hybridized carbons (Fsp3) is 0.435. The highest BCUT2D eigenvalue weighted by Gasteiger charge is 2.28. The first-order chi connectivity index (χ1) is 13.2. The van der Waals surface area contributed by atoms with Gasteiger partial charge >= 0.3 is 6.09 Å². The zero-order valence-electron chi connectivity index (χ0n) is 17.2. The highest BCUT2D eigenvalue weighted by atomic mass is 16.6. The van der Waals surface area contributed by atoms with Crippen molar-refractivity contribution in [3.8, 4) is 5.75 Å². The number of hydrogen-bond acceptors (Lipinski definition) is 4. The average molecular weight is 386 g/mol. The molecule has 2 N–H and O–H groups in total. The summed E-state index contributed by atoms with van der Waals surface area (Å²) in [7, 11) is 0. The Kier molecular flexibility index (Phi) is 7.46. The third kappa shape index (κ3) is 7.61. The van der Waals surface area contributed by atoms with Crippen LogP contribution in [0.5, 0.6) is 5.75 Å². The lowest BCUT2D eigenvalue weighted by molar-refractivity contribution is 0.0407. The molecule has 0 radical (unpaired) electrons. The van der Waals surface area contributed by atoms with E-state index in [9.17, 15) is 9.90 Å². The molecule has 0 saturated heterocycles. The summed E-state index contributed by atoms with van der Waals surface area (Å²) in [6, 6.07) is 17.9. The minimum atomic E-state index is -0.745. The number of aliphatic hydroxyl groups is 1. The van der Waals surface area contributed by atoms with Crippen molar-refractivity contribution in [2.75, 3.05) is 6.61 Å². The lowest BCUT2D eigenvalue weighted by Crippen LogP contribution is -2.50. The van der Waals surface area contributed by atoms with Crippen molar-refractivity contribution >= 4 is 6.09 Å². The van der Waals surface area contributed by atoms with Crippen molar-refractivity contribution in [3.63, 3.8) is 0 Å². The van der Waals surface area contributed by atoms with Crippen LogP contribution in [0.4, 0.5) is 4.79 Å². The van der Waals surface area contributed by atoms with Crippen LogP contribution < -0.4 is 10.1 Å². The first-order valence-electron chi connectivity index (χ1n) is 9.57. The summed E-state index contributed by atoms with van der Waals surface area (Å²) in [6.45, 7) is 7.61. The third-order valence-corrected chi connectivity index (χ3v) is 4.29. The van der Waals surface area contributed by atoms with E-state index >= 15 is 0 Å². The van der Waals surface area contributed by atoms with E-state index in [0.29, 0.717) is 19.4 Å². The quantitative estimate of drug-likeness (QED) is 0.703. The van der Waals surface area contributed by atoms with Gasteiger partial charge in [-0.25, -0.2) is 4.79 Å². The van der Waals surface area contributed by atoms with E-state index in [0.717, 1.165) is 16.9 Å². The number of benzene rings is 2. The lowest BCUT2D eigenvalue weighted by Gasteiger charge is -2.30. The highest BCUT2D eigenvalue weighted by Crippen LogP contribution is 2.19. The van der Waals surface area contributed by atoms with Crippen molar-refractivity contribution in [2.24, 2.45) is 0 Å². The van der Waals surface area contributed by atoms with Gasteiger partial charge in [-0.05, 0) is 63.8 Å². The van der Waals surface area contributed by atoms with E-state index in [1.807, 2.05) is 82.3 Å². The van der Waals surface area contributed by atoms with E-state index in [4.69, 9.17) is 9.47 Å². The number of aryl methyl sites for hydroxylation is 1. The van der Waals surface area contributed by atoms with Gasteiger partial charge in [-0.15, -0.1) is 0 Å². The number of rotatable bonds is 8. The number of hydrogen-bond donors (Lipinski definition) is 2. The van der Waals surface area contributed by atoms with Gasteiger partial charge < -0.3 is 19.9 Å². The standard InChI is InChI=1S/C23H31NO4/c1-22(2,3)28-21(26)24-23(4,17-25)15-14-18-10-12-20(13-11-18)27-16-19-8-6-5-7-9-19/h5-13,25H,14-17H2,1-4H3,(H,24,26). The highest BCUT2D eigenvalue weighted by molar-refractivity contribution is 5.68. The van der Waals surface area contributed by atoms with Gasteiger partial charge in [0.25, 0.3) is 0 Å². The number of carbonyl (C=O) groups is 1. The molecule has 2 rings (SSSR count). The van der Waals surface area contributed by atoms with Crippen molar-refractivity contribution in [3.05, 3.63) is 65.7 Å². The van der Waals surface area contributed by atoms with Gasteiger partial charge in [-0.3, -0.25) is 0 Å². The molecule has 1 unspecified atom stereocenters. The minimum Gasteiger partial charge on any atom is -0.489 e. The Morgan fingerprint density at radius 1 is 0.964 bits per heavy atom. The Morgan fingerprint density at radius 3 is 2.18 bits per heavy atom. The van der Waals surface area contributed by atoms with Gasteiger partial charge in [-0.1, -0.05) is 42.5 Å². The molecule has 0 aliphatic carbocycles. The molecule has 0 saturated carbocycles. The molecule has 0 bridgehead atoms. The first-order valence-corrected chi connectivity index (χ1v) is 9.57. The van der Waals surface area contributed by atoms with E-state index in [1.54, 1.807) is 0 Å². The Labute approximate surface area is 167 Å². The molecule has 0 aliphatic rings. The van der Waals surface area contributed by atoms with Crippen LogP contribution in [0.2, 0.25) is 0 Å². The molecular weight excluding hydrogens is 354 g/mol. The molecule has 1 amide bonds. The van der Waals surface area contributed by atoms with Crippen LogP contribution >= 0.6 is 0 Å². The summed E-state index contributed by atoms with van der Waals surface area (Å²) in [4.78, 5) is 12.0. The molecule has 0 heterocycles. The molecular formula is C23H31NO4. The number of nitrogens with one attached hydrogen (secondary N) is 1. The molecule has 2 aromatic carbocycles. The number of carbonyl (C=O) groups excluding carboxylic acids is 1. The summed E-state index contributed by atoms with van der Waals surface area (Å²) >= 11 is 0. The van der Waals surface area contributed by atoms with Crippen LogP contribution in [0.1, 0.15) is 45.2 Å². The molecule has 5 nitrogen and oxygen atoms in total. The molecule has 0 aromatic heterocycles. The van der Waals surface area contributed by atoms with Gasteiger partial charge in [0.15, 0.2) is 0 Å².